The number of hydrogen-bond acceptors (Lipinski definition) is 2. The van der Waals surface area contributed by atoms with Gasteiger partial charge in [0.1, 0.15) is 0 Å². The summed E-state index contributed by atoms with van der Waals surface area (Å²) in [5, 5.41) is 3.02. The molecule has 2 saturated carbocycles. The Morgan fingerprint density at radius 1 is 1.57 bits per heavy atom. The first-order valence-corrected chi connectivity index (χ1v) is 5.58. The second-order valence-electron chi connectivity index (χ2n) is 4.55. The van der Waals surface area contributed by atoms with Crippen LogP contribution in [0.3, 0.4) is 0 Å². The summed E-state index contributed by atoms with van der Waals surface area (Å²) < 4.78 is 0. The Morgan fingerprint density at radius 3 is 2.50 bits per heavy atom. The number of nitrogens with two attached hydrogens (primary N) is 1. The molecule has 2 aliphatic carbocycles. The van der Waals surface area contributed by atoms with Crippen molar-refractivity contribution in [1.82, 2.24) is 5.32 Å². The molecule has 1 amide bonds. The molecule has 2 fully saturated rings. The van der Waals surface area contributed by atoms with Gasteiger partial charge in [0.05, 0.1) is 10.4 Å². The van der Waals surface area contributed by atoms with Crippen LogP contribution in [0.1, 0.15) is 32.6 Å². The molecule has 0 aliphatic heterocycles. The molecule has 1 unspecified atom stereocenters. The predicted molar refractivity (Wildman–Crippen MR) is 58.8 cm³/mol. The Kier molecular flexibility index (Phi) is 2.26. The van der Waals surface area contributed by atoms with Gasteiger partial charge < -0.3 is 11.1 Å². The molecule has 0 aromatic heterocycles. The van der Waals surface area contributed by atoms with Crippen molar-refractivity contribution in [3.05, 3.63) is 0 Å². The summed E-state index contributed by atoms with van der Waals surface area (Å²) in [5.41, 5.74) is 5.08. The first kappa shape index (κ1) is 9.90. The summed E-state index contributed by atoms with van der Waals surface area (Å²) in [6.45, 7) is 2.06. The largest absolute Gasteiger partial charge is 0.392 e. The molecular formula is C10H16N2OS. The summed E-state index contributed by atoms with van der Waals surface area (Å²) in [7, 11) is 0. The summed E-state index contributed by atoms with van der Waals surface area (Å²) in [6.07, 6.45) is 4.13. The van der Waals surface area contributed by atoms with Crippen LogP contribution < -0.4 is 11.1 Å². The zero-order chi connectivity index (χ0) is 10.3. The Balaban J connectivity index is 1.91. The summed E-state index contributed by atoms with van der Waals surface area (Å²) >= 11 is 4.92. The van der Waals surface area contributed by atoms with Gasteiger partial charge >= 0.3 is 0 Å². The van der Waals surface area contributed by atoms with Gasteiger partial charge in [0.15, 0.2) is 0 Å². The Hall–Kier alpha value is -0.640. The van der Waals surface area contributed by atoms with Crippen LogP contribution in [-0.2, 0) is 4.79 Å². The summed E-state index contributed by atoms with van der Waals surface area (Å²) in [6, 6.07) is 0.286. The molecule has 14 heavy (non-hydrogen) atoms. The molecule has 0 saturated heterocycles. The van der Waals surface area contributed by atoms with E-state index in [1.807, 2.05) is 0 Å². The summed E-state index contributed by atoms with van der Waals surface area (Å²) in [5.74, 6) is 0.727. The molecule has 3 N–H and O–H groups in total. The highest BCUT2D eigenvalue weighted by Gasteiger charge is 2.53. The van der Waals surface area contributed by atoms with Gasteiger partial charge in [-0.3, -0.25) is 4.79 Å². The quantitative estimate of drug-likeness (QED) is 0.683. The molecule has 0 bridgehead atoms. The fourth-order valence-corrected chi connectivity index (χ4v) is 2.07. The van der Waals surface area contributed by atoms with Crippen molar-refractivity contribution in [2.75, 3.05) is 0 Å². The number of thiocarbonyl (C=S) groups is 1. The summed E-state index contributed by atoms with van der Waals surface area (Å²) in [4.78, 5) is 12.2. The Bertz CT molecular complexity index is 282. The van der Waals surface area contributed by atoms with Crippen molar-refractivity contribution >= 4 is 23.1 Å². The molecule has 0 heterocycles. The molecule has 2 aliphatic rings. The van der Waals surface area contributed by atoms with Gasteiger partial charge in [0.2, 0.25) is 5.91 Å². The third kappa shape index (κ3) is 1.63. The van der Waals surface area contributed by atoms with Gasteiger partial charge in [0, 0.05) is 6.04 Å². The highest BCUT2D eigenvalue weighted by molar-refractivity contribution is 7.80. The van der Waals surface area contributed by atoms with Crippen molar-refractivity contribution in [3.63, 3.8) is 0 Å². The van der Waals surface area contributed by atoms with Crippen molar-refractivity contribution in [2.24, 2.45) is 17.1 Å². The molecule has 2 rings (SSSR count). The number of nitrogens with one attached hydrogen (secondary N) is 1. The second kappa shape index (κ2) is 3.19. The van der Waals surface area contributed by atoms with E-state index in [-0.39, 0.29) is 11.9 Å². The number of amides is 1. The molecule has 3 nitrogen and oxygen atoms in total. The maximum absolute atomic E-state index is 11.8. The SMILES string of the molecule is CC(NC(=O)C1(C(N)=S)CC1)C1CC1. The van der Waals surface area contributed by atoms with E-state index in [0.29, 0.717) is 10.9 Å². The van der Waals surface area contributed by atoms with Crippen molar-refractivity contribution < 1.29 is 4.79 Å². The third-order valence-electron chi connectivity index (χ3n) is 3.34. The minimum Gasteiger partial charge on any atom is -0.392 e. The van der Waals surface area contributed by atoms with Gasteiger partial charge in [-0.2, -0.15) is 0 Å². The number of carbonyl (C=O) groups excluding carboxylic acids is 1. The van der Waals surface area contributed by atoms with Crippen molar-refractivity contribution in [1.29, 1.82) is 0 Å². The van der Waals surface area contributed by atoms with Crippen molar-refractivity contribution in [2.45, 2.75) is 38.6 Å². The van der Waals surface area contributed by atoms with Crippen LogP contribution in [0.5, 0.6) is 0 Å². The minimum atomic E-state index is -0.488. The van der Waals surface area contributed by atoms with Crippen molar-refractivity contribution in [3.8, 4) is 0 Å². The molecule has 1 atom stereocenters. The molecule has 0 spiro atoms. The lowest BCUT2D eigenvalue weighted by Crippen LogP contribution is -2.44. The lowest BCUT2D eigenvalue weighted by molar-refractivity contribution is -0.124. The smallest absolute Gasteiger partial charge is 0.233 e. The van der Waals surface area contributed by atoms with E-state index in [1.165, 1.54) is 12.8 Å². The number of hydrogen-bond donors (Lipinski definition) is 2. The van der Waals surface area contributed by atoms with E-state index in [9.17, 15) is 4.79 Å². The van der Waals surface area contributed by atoms with Gasteiger partial charge in [0.25, 0.3) is 0 Å². The maximum Gasteiger partial charge on any atom is 0.233 e. The average molecular weight is 212 g/mol. The standard InChI is InChI=1S/C10H16N2OS/c1-6(7-2-3-7)12-9(13)10(4-5-10)8(11)14/h6-7H,2-5H2,1H3,(H2,11,14)(H,12,13). The topological polar surface area (TPSA) is 55.1 Å². The van der Waals surface area contributed by atoms with Gasteiger partial charge in [-0.05, 0) is 38.5 Å². The van der Waals surface area contributed by atoms with Crippen LogP contribution >= 0.6 is 12.2 Å². The van der Waals surface area contributed by atoms with Gasteiger partial charge in [-0.25, -0.2) is 0 Å². The highest BCUT2D eigenvalue weighted by atomic mass is 32.1. The van der Waals surface area contributed by atoms with Crippen LogP contribution in [0.25, 0.3) is 0 Å². The highest BCUT2D eigenvalue weighted by Crippen LogP contribution is 2.46. The van der Waals surface area contributed by atoms with E-state index in [4.69, 9.17) is 18.0 Å². The zero-order valence-electron chi connectivity index (χ0n) is 8.38. The first-order chi connectivity index (χ1) is 6.56. The van der Waals surface area contributed by atoms with Crippen LogP contribution in [0.4, 0.5) is 0 Å². The minimum absolute atomic E-state index is 0.0457. The molecular weight excluding hydrogens is 196 g/mol. The van der Waals surface area contributed by atoms with E-state index < -0.39 is 5.41 Å². The van der Waals surface area contributed by atoms with Crippen LogP contribution in [-0.4, -0.2) is 16.9 Å². The average Bonchev–Trinajstić information content (AvgIpc) is 2.99. The van der Waals surface area contributed by atoms with E-state index in [0.717, 1.165) is 12.8 Å². The lowest BCUT2D eigenvalue weighted by atomic mass is 10.1. The van der Waals surface area contributed by atoms with Crippen LogP contribution in [0, 0.1) is 11.3 Å². The van der Waals surface area contributed by atoms with E-state index >= 15 is 0 Å². The Labute approximate surface area is 89.4 Å². The zero-order valence-corrected chi connectivity index (χ0v) is 9.19. The molecule has 78 valence electrons. The van der Waals surface area contributed by atoms with Crippen LogP contribution in [0.15, 0.2) is 0 Å². The fourth-order valence-electron chi connectivity index (χ4n) is 1.77. The maximum atomic E-state index is 11.8. The molecule has 0 radical (unpaired) electrons. The first-order valence-electron chi connectivity index (χ1n) is 5.17. The Morgan fingerprint density at radius 2 is 2.14 bits per heavy atom. The molecule has 0 aromatic carbocycles. The fraction of sp³-hybridized carbons (Fsp3) is 0.800. The molecule has 4 heteroatoms. The number of rotatable bonds is 4. The molecule has 0 aromatic rings. The van der Waals surface area contributed by atoms with Gasteiger partial charge in [-0.1, -0.05) is 12.2 Å². The second-order valence-corrected chi connectivity index (χ2v) is 4.99. The predicted octanol–water partition coefficient (Wildman–Crippen LogP) is 0.967. The van der Waals surface area contributed by atoms with Gasteiger partial charge in [-0.15, -0.1) is 0 Å². The lowest BCUT2D eigenvalue weighted by Gasteiger charge is -2.18. The van der Waals surface area contributed by atoms with Crippen LogP contribution in [0.2, 0.25) is 0 Å². The number of carbonyl (C=O) groups is 1. The monoisotopic (exact) mass is 212 g/mol. The van der Waals surface area contributed by atoms with E-state index in [1.54, 1.807) is 0 Å². The van der Waals surface area contributed by atoms with E-state index in [2.05, 4.69) is 12.2 Å². The normalized spacial score (nSPS) is 25.2. The third-order valence-corrected chi connectivity index (χ3v) is 3.73.